The molecule has 2 rings (SSSR count). The van der Waals surface area contributed by atoms with Crippen molar-refractivity contribution in [2.45, 2.75) is 52.0 Å². The fourth-order valence-corrected chi connectivity index (χ4v) is 3.42. The standard InChI is InChI=1S/C18H29NO/c1-4-13-19-18-12-9-16(14(18)2)8-5-15-6-10-17(20-3)11-7-15/h6-7,10-11,14,16,18-19H,4-5,8-9,12-13H2,1-3H3. The Morgan fingerprint density at radius 2 is 1.95 bits per heavy atom. The second kappa shape index (κ2) is 7.68. The third-order valence-electron chi connectivity index (χ3n) is 4.85. The summed E-state index contributed by atoms with van der Waals surface area (Å²) in [6.07, 6.45) is 6.49. The Morgan fingerprint density at radius 1 is 1.20 bits per heavy atom. The van der Waals surface area contributed by atoms with Crippen molar-refractivity contribution in [1.82, 2.24) is 5.32 Å². The quantitative estimate of drug-likeness (QED) is 0.811. The Bertz CT molecular complexity index is 387. The number of nitrogens with one attached hydrogen (secondary N) is 1. The van der Waals surface area contributed by atoms with Gasteiger partial charge in [0.15, 0.2) is 0 Å². The molecule has 1 N–H and O–H groups in total. The van der Waals surface area contributed by atoms with E-state index in [2.05, 4.69) is 43.4 Å². The van der Waals surface area contributed by atoms with E-state index in [9.17, 15) is 0 Å². The first-order chi connectivity index (χ1) is 9.74. The monoisotopic (exact) mass is 275 g/mol. The molecule has 1 aromatic carbocycles. The third-order valence-corrected chi connectivity index (χ3v) is 4.85. The molecule has 112 valence electrons. The van der Waals surface area contributed by atoms with Crippen LogP contribution in [0.5, 0.6) is 5.75 Å². The van der Waals surface area contributed by atoms with Gasteiger partial charge in [-0.3, -0.25) is 0 Å². The van der Waals surface area contributed by atoms with E-state index in [1.165, 1.54) is 44.2 Å². The van der Waals surface area contributed by atoms with Gasteiger partial charge in [-0.15, -0.1) is 0 Å². The van der Waals surface area contributed by atoms with Crippen LogP contribution in [0.4, 0.5) is 0 Å². The lowest BCUT2D eigenvalue weighted by atomic mass is 9.90. The van der Waals surface area contributed by atoms with Crippen LogP contribution < -0.4 is 10.1 Å². The van der Waals surface area contributed by atoms with E-state index in [1.54, 1.807) is 7.11 Å². The number of aryl methyl sites for hydroxylation is 1. The maximum absolute atomic E-state index is 5.21. The van der Waals surface area contributed by atoms with Crippen LogP contribution in [-0.2, 0) is 6.42 Å². The van der Waals surface area contributed by atoms with E-state index < -0.39 is 0 Å². The highest BCUT2D eigenvalue weighted by atomic mass is 16.5. The topological polar surface area (TPSA) is 21.3 Å². The van der Waals surface area contributed by atoms with Crippen LogP contribution in [0.2, 0.25) is 0 Å². The minimum Gasteiger partial charge on any atom is -0.497 e. The van der Waals surface area contributed by atoms with Crippen molar-refractivity contribution >= 4 is 0 Å². The number of hydrogen-bond acceptors (Lipinski definition) is 2. The molecule has 0 aliphatic heterocycles. The zero-order valence-electron chi connectivity index (χ0n) is 13.2. The average molecular weight is 275 g/mol. The summed E-state index contributed by atoms with van der Waals surface area (Å²) in [6.45, 7) is 5.84. The van der Waals surface area contributed by atoms with Gasteiger partial charge in [0.05, 0.1) is 7.11 Å². The van der Waals surface area contributed by atoms with Gasteiger partial charge in [-0.25, -0.2) is 0 Å². The maximum atomic E-state index is 5.21. The molecule has 1 fully saturated rings. The molecule has 0 amide bonds. The molecule has 1 aliphatic rings. The van der Waals surface area contributed by atoms with Crippen molar-refractivity contribution in [1.29, 1.82) is 0 Å². The van der Waals surface area contributed by atoms with Crippen LogP contribution in [0.15, 0.2) is 24.3 Å². The van der Waals surface area contributed by atoms with Crippen molar-refractivity contribution in [3.63, 3.8) is 0 Å². The highest BCUT2D eigenvalue weighted by molar-refractivity contribution is 5.27. The van der Waals surface area contributed by atoms with Crippen LogP contribution in [0.1, 0.15) is 45.1 Å². The van der Waals surface area contributed by atoms with E-state index in [0.717, 1.165) is 23.6 Å². The number of rotatable bonds is 7. The predicted octanol–water partition coefficient (Wildman–Crippen LogP) is 4.04. The highest BCUT2D eigenvalue weighted by Crippen LogP contribution is 2.35. The fourth-order valence-electron chi connectivity index (χ4n) is 3.42. The van der Waals surface area contributed by atoms with Crippen LogP contribution >= 0.6 is 0 Å². The van der Waals surface area contributed by atoms with Gasteiger partial charge >= 0.3 is 0 Å². The second-order valence-electron chi connectivity index (χ2n) is 6.14. The molecule has 0 spiro atoms. The Labute approximate surface area is 123 Å². The predicted molar refractivity (Wildman–Crippen MR) is 85.3 cm³/mol. The molecule has 2 nitrogen and oxygen atoms in total. The largest absolute Gasteiger partial charge is 0.497 e. The lowest BCUT2D eigenvalue weighted by Crippen LogP contribution is -2.33. The first-order valence-corrected chi connectivity index (χ1v) is 8.11. The Balaban J connectivity index is 1.79. The first-order valence-electron chi connectivity index (χ1n) is 8.11. The number of ether oxygens (including phenoxy) is 1. The average Bonchev–Trinajstić information content (AvgIpc) is 2.84. The lowest BCUT2D eigenvalue weighted by Gasteiger charge is -2.21. The second-order valence-corrected chi connectivity index (χ2v) is 6.14. The molecule has 1 aromatic rings. The summed E-state index contributed by atoms with van der Waals surface area (Å²) >= 11 is 0. The lowest BCUT2D eigenvalue weighted by molar-refractivity contribution is 0.337. The third kappa shape index (κ3) is 3.99. The zero-order chi connectivity index (χ0) is 14.4. The van der Waals surface area contributed by atoms with Gasteiger partial charge in [0.25, 0.3) is 0 Å². The highest BCUT2D eigenvalue weighted by Gasteiger charge is 2.31. The molecule has 2 heteroatoms. The summed E-state index contributed by atoms with van der Waals surface area (Å²) in [5.41, 5.74) is 1.43. The number of benzene rings is 1. The van der Waals surface area contributed by atoms with E-state index >= 15 is 0 Å². The summed E-state index contributed by atoms with van der Waals surface area (Å²) in [4.78, 5) is 0. The van der Waals surface area contributed by atoms with Crippen molar-refractivity contribution in [3.05, 3.63) is 29.8 Å². The Kier molecular flexibility index (Phi) is 5.90. The van der Waals surface area contributed by atoms with Gasteiger partial charge in [-0.1, -0.05) is 26.0 Å². The molecule has 0 heterocycles. The Hall–Kier alpha value is -1.02. The first kappa shape index (κ1) is 15.4. The fraction of sp³-hybridized carbons (Fsp3) is 0.667. The van der Waals surface area contributed by atoms with Crippen LogP contribution in [0.25, 0.3) is 0 Å². The van der Waals surface area contributed by atoms with E-state index in [1.807, 2.05) is 0 Å². The minimum atomic E-state index is 0.746. The summed E-state index contributed by atoms with van der Waals surface area (Å²) in [5.74, 6) is 2.65. The Morgan fingerprint density at radius 3 is 2.60 bits per heavy atom. The van der Waals surface area contributed by atoms with Gasteiger partial charge in [0, 0.05) is 6.04 Å². The molecule has 1 saturated carbocycles. The molecule has 0 bridgehead atoms. The van der Waals surface area contributed by atoms with Crippen LogP contribution in [0.3, 0.4) is 0 Å². The summed E-state index contributed by atoms with van der Waals surface area (Å²) in [5, 5.41) is 3.71. The number of methoxy groups -OCH3 is 1. The molecule has 0 radical (unpaired) electrons. The number of hydrogen-bond donors (Lipinski definition) is 1. The molecule has 0 aromatic heterocycles. The van der Waals surface area contributed by atoms with Gasteiger partial charge in [-0.2, -0.15) is 0 Å². The molecular weight excluding hydrogens is 246 g/mol. The van der Waals surface area contributed by atoms with E-state index in [4.69, 9.17) is 4.74 Å². The zero-order valence-corrected chi connectivity index (χ0v) is 13.2. The van der Waals surface area contributed by atoms with Crippen molar-refractivity contribution in [3.8, 4) is 5.75 Å². The molecule has 3 atom stereocenters. The molecule has 20 heavy (non-hydrogen) atoms. The van der Waals surface area contributed by atoms with Crippen molar-refractivity contribution in [2.24, 2.45) is 11.8 Å². The summed E-state index contributed by atoms with van der Waals surface area (Å²) < 4.78 is 5.21. The van der Waals surface area contributed by atoms with Crippen molar-refractivity contribution in [2.75, 3.05) is 13.7 Å². The minimum absolute atomic E-state index is 0.746. The summed E-state index contributed by atoms with van der Waals surface area (Å²) in [7, 11) is 1.72. The van der Waals surface area contributed by atoms with Gasteiger partial charge in [0.1, 0.15) is 5.75 Å². The summed E-state index contributed by atoms with van der Waals surface area (Å²) in [6, 6.07) is 9.28. The normalized spacial score (nSPS) is 25.9. The molecule has 3 unspecified atom stereocenters. The SMILES string of the molecule is CCCNC1CCC(CCc2ccc(OC)cc2)C1C. The van der Waals surface area contributed by atoms with E-state index in [-0.39, 0.29) is 0 Å². The maximum Gasteiger partial charge on any atom is 0.118 e. The van der Waals surface area contributed by atoms with Gasteiger partial charge < -0.3 is 10.1 Å². The molecule has 0 saturated heterocycles. The van der Waals surface area contributed by atoms with Crippen LogP contribution in [-0.4, -0.2) is 19.7 Å². The van der Waals surface area contributed by atoms with E-state index in [0.29, 0.717) is 0 Å². The smallest absolute Gasteiger partial charge is 0.118 e. The van der Waals surface area contributed by atoms with Crippen molar-refractivity contribution < 1.29 is 4.74 Å². The molecule has 1 aliphatic carbocycles. The van der Waals surface area contributed by atoms with Gasteiger partial charge in [-0.05, 0) is 68.2 Å². The molecular formula is C18H29NO. The van der Waals surface area contributed by atoms with Crippen LogP contribution in [0, 0.1) is 11.8 Å². The van der Waals surface area contributed by atoms with Gasteiger partial charge in [0.2, 0.25) is 0 Å².